The van der Waals surface area contributed by atoms with Gasteiger partial charge < -0.3 is 9.47 Å². The highest BCUT2D eigenvalue weighted by molar-refractivity contribution is 7.89. The van der Waals surface area contributed by atoms with E-state index in [2.05, 4.69) is 11.6 Å². The lowest BCUT2D eigenvalue weighted by Gasteiger charge is -2.13. The van der Waals surface area contributed by atoms with Crippen LogP contribution in [0.4, 0.5) is 0 Å². The maximum absolute atomic E-state index is 12.1. The van der Waals surface area contributed by atoms with Crippen molar-refractivity contribution < 1.29 is 17.9 Å². The van der Waals surface area contributed by atoms with Crippen molar-refractivity contribution >= 4 is 10.0 Å². The number of hydrogen-bond donors (Lipinski definition) is 1. The van der Waals surface area contributed by atoms with Gasteiger partial charge in [-0.25, -0.2) is 13.1 Å². The van der Waals surface area contributed by atoms with Gasteiger partial charge in [-0.15, -0.1) is 0 Å². The second-order valence-electron chi connectivity index (χ2n) is 4.65. The summed E-state index contributed by atoms with van der Waals surface area (Å²) < 4.78 is 37.1. The molecule has 0 heterocycles. The average molecular weight is 301 g/mol. The Balaban J connectivity index is 2.66. The standard InChI is InChI=1S/C14H23NO4S/c1-4-5-10-19-13-6-8-14(9-7-13)20(16,17)15-12(2)11-18-3/h6-9,12,15H,4-5,10-11H2,1-3H3. The molecule has 1 rings (SSSR count). The van der Waals surface area contributed by atoms with E-state index < -0.39 is 10.0 Å². The van der Waals surface area contributed by atoms with Crippen molar-refractivity contribution in [2.45, 2.75) is 37.6 Å². The highest BCUT2D eigenvalue weighted by Crippen LogP contribution is 2.16. The Morgan fingerprint density at radius 1 is 1.25 bits per heavy atom. The van der Waals surface area contributed by atoms with Crippen molar-refractivity contribution in [3.05, 3.63) is 24.3 Å². The van der Waals surface area contributed by atoms with Gasteiger partial charge in [-0.2, -0.15) is 0 Å². The molecule has 1 aromatic rings. The van der Waals surface area contributed by atoms with Crippen molar-refractivity contribution in [2.75, 3.05) is 20.3 Å². The van der Waals surface area contributed by atoms with Gasteiger partial charge in [0.15, 0.2) is 0 Å². The first-order valence-corrected chi connectivity index (χ1v) is 8.22. The Morgan fingerprint density at radius 3 is 2.45 bits per heavy atom. The molecule has 1 aromatic carbocycles. The third-order valence-electron chi connectivity index (χ3n) is 2.67. The molecule has 114 valence electrons. The molecule has 20 heavy (non-hydrogen) atoms. The quantitative estimate of drug-likeness (QED) is 0.710. The van der Waals surface area contributed by atoms with Crippen LogP contribution in [0.3, 0.4) is 0 Å². The average Bonchev–Trinajstić information content (AvgIpc) is 2.39. The molecule has 0 amide bonds. The van der Waals surface area contributed by atoms with Crippen LogP contribution >= 0.6 is 0 Å². The van der Waals surface area contributed by atoms with E-state index >= 15 is 0 Å². The molecule has 0 saturated heterocycles. The first kappa shape index (κ1) is 16.9. The van der Waals surface area contributed by atoms with Crippen LogP contribution < -0.4 is 9.46 Å². The van der Waals surface area contributed by atoms with Crippen molar-refractivity contribution in [1.82, 2.24) is 4.72 Å². The zero-order valence-electron chi connectivity index (χ0n) is 12.3. The first-order valence-electron chi connectivity index (χ1n) is 6.73. The summed E-state index contributed by atoms with van der Waals surface area (Å²) in [5.41, 5.74) is 0. The topological polar surface area (TPSA) is 64.6 Å². The first-order chi connectivity index (χ1) is 9.49. The number of unbranched alkanes of at least 4 members (excludes halogenated alkanes) is 1. The summed E-state index contributed by atoms with van der Waals surface area (Å²) in [5, 5.41) is 0. The molecule has 5 nitrogen and oxygen atoms in total. The second kappa shape index (κ2) is 8.24. The van der Waals surface area contributed by atoms with Crippen LogP contribution in [-0.4, -0.2) is 34.8 Å². The van der Waals surface area contributed by atoms with Crippen LogP contribution in [0.25, 0.3) is 0 Å². The lowest BCUT2D eigenvalue weighted by atomic mass is 10.3. The maximum atomic E-state index is 12.1. The number of benzene rings is 1. The predicted molar refractivity (Wildman–Crippen MR) is 78.5 cm³/mol. The molecule has 0 aliphatic carbocycles. The summed E-state index contributed by atoms with van der Waals surface area (Å²) >= 11 is 0. The summed E-state index contributed by atoms with van der Waals surface area (Å²) in [6.07, 6.45) is 2.05. The molecule has 0 saturated carbocycles. The normalized spacial score (nSPS) is 13.2. The Hall–Kier alpha value is -1.11. The number of hydrogen-bond acceptors (Lipinski definition) is 4. The summed E-state index contributed by atoms with van der Waals surface area (Å²) in [5.74, 6) is 0.683. The minimum absolute atomic E-state index is 0.225. The molecule has 6 heteroatoms. The van der Waals surface area contributed by atoms with Gasteiger partial charge in [0.05, 0.1) is 18.1 Å². The Kier molecular flexibility index (Phi) is 6.98. The van der Waals surface area contributed by atoms with E-state index in [0.29, 0.717) is 19.0 Å². The third kappa shape index (κ3) is 5.48. The summed E-state index contributed by atoms with van der Waals surface area (Å²) in [6.45, 7) is 4.82. The fourth-order valence-electron chi connectivity index (χ4n) is 1.67. The van der Waals surface area contributed by atoms with Gasteiger partial charge in [-0.05, 0) is 37.6 Å². The molecule has 0 aliphatic heterocycles. The molecule has 1 atom stereocenters. The highest BCUT2D eigenvalue weighted by atomic mass is 32.2. The van der Waals surface area contributed by atoms with Gasteiger partial charge in [0, 0.05) is 13.2 Å². The second-order valence-corrected chi connectivity index (χ2v) is 6.37. The zero-order valence-corrected chi connectivity index (χ0v) is 13.1. The van der Waals surface area contributed by atoms with Gasteiger partial charge in [0.25, 0.3) is 0 Å². The van der Waals surface area contributed by atoms with E-state index in [4.69, 9.17) is 9.47 Å². The number of sulfonamides is 1. The summed E-state index contributed by atoms with van der Waals surface area (Å²) in [6, 6.07) is 6.16. The third-order valence-corrected chi connectivity index (χ3v) is 4.28. The smallest absolute Gasteiger partial charge is 0.240 e. The molecule has 0 bridgehead atoms. The molecule has 0 aromatic heterocycles. The van der Waals surface area contributed by atoms with Crippen molar-refractivity contribution in [1.29, 1.82) is 0 Å². The fourth-order valence-corrected chi connectivity index (χ4v) is 2.89. The lowest BCUT2D eigenvalue weighted by Crippen LogP contribution is -2.35. The van der Waals surface area contributed by atoms with E-state index in [0.717, 1.165) is 12.8 Å². The fraction of sp³-hybridized carbons (Fsp3) is 0.571. The molecular weight excluding hydrogens is 278 g/mol. The van der Waals surface area contributed by atoms with Gasteiger partial charge in [0.2, 0.25) is 10.0 Å². The van der Waals surface area contributed by atoms with Crippen molar-refractivity contribution in [3.63, 3.8) is 0 Å². The molecule has 1 unspecified atom stereocenters. The van der Waals surface area contributed by atoms with Gasteiger partial charge >= 0.3 is 0 Å². The molecule has 1 N–H and O–H groups in total. The van der Waals surface area contributed by atoms with E-state index in [1.807, 2.05) is 0 Å². The minimum atomic E-state index is -3.51. The Bertz CT molecular complexity index is 484. The summed E-state index contributed by atoms with van der Waals surface area (Å²) in [7, 11) is -1.97. The SMILES string of the molecule is CCCCOc1ccc(S(=O)(=O)NC(C)COC)cc1. The van der Waals surface area contributed by atoms with E-state index in [1.54, 1.807) is 31.2 Å². The van der Waals surface area contributed by atoms with E-state index in [1.165, 1.54) is 7.11 Å². The Morgan fingerprint density at radius 2 is 1.90 bits per heavy atom. The highest BCUT2D eigenvalue weighted by Gasteiger charge is 2.17. The minimum Gasteiger partial charge on any atom is -0.494 e. The largest absolute Gasteiger partial charge is 0.494 e. The molecule has 0 fully saturated rings. The predicted octanol–water partition coefficient (Wildman–Crippen LogP) is 2.18. The van der Waals surface area contributed by atoms with Gasteiger partial charge in [0.1, 0.15) is 5.75 Å². The van der Waals surface area contributed by atoms with Crippen LogP contribution in [-0.2, 0) is 14.8 Å². The zero-order chi connectivity index (χ0) is 15.0. The summed E-state index contributed by atoms with van der Waals surface area (Å²) in [4.78, 5) is 0.225. The monoisotopic (exact) mass is 301 g/mol. The van der Waals surface area contributed by atoms with Crippen molar-refractivity contribution in [3.8, 4) is 5.75 Å². The molecule has 0 spiro atoms. The van der Waals surface area contributed by atoms with Crippen LogP contribution in [0.2, 0.25) is 0 Å². The number of rotatable bonds is 9. The number of nitrogens with one attached hydrogen (secondary N) is 1. The number of methoxy groups -OCH3 is 1. The molecule has 0 radical (unpaired) electrons. The molecule has 0 aliphatic rings. The van der Waals surface area contributed by atoms with E-state index in [9.17, 15) is 8.42 Å². The van der Waals surface area contributed by atoms with Gasteiger partial charge in [-0.1, -0.05) is 13.3 Å². The van der Waals surface area contributed by atoms with Gasteiger partial charge in [-0.3, -0.25) is 0 Å². The lowest BCUT2D eigenvalue weighted by molar-refractivity contribution is 0.180. The van der Waals surface area contributed by atoms with Crippen molar-refractivity contribution in [2.24, 2.45) is 0 Å². The maximum Gasteiger partial charge on any atom is 0.240 e. The van der Waals surface area contributed by atoms with Crippen LogP contribution in [0, 0.1) is 0 Å². The van der Waals surface area contributed by atoms with E-state index in [-0.39, 0.29) is 10.9 Å². The van der Waals surface area contributed by atoms with Crippen LogP contribution in [0.5, 0.6) is 5.75 Å². The Labute approximate surface area is 121 Å². The number of ether oxygens (including phenoxy) is 2. The van der Waals surface area contributed by atoms with Crippen LogP contribution in [0.15, 0.2) is 29.2 Å². The molecular formula is C14H23NO4S. The van der Waals surface area contributed by atoms with Crippen LogP contribution in [0.1, 0.15) is 26.7 Å².